The lowest BCUT2D eigenvalue weighted by molar-refractivity contribution is 0.304. The van der Waals surface area contributed by atoms with Crippen LogP contribution >= 0.6 is 0 Å². The SMILES string of the molecule is Cc1ccc(N2CCNC3(CCCC3)C2)cc1F. The summed E-state index contributed by atoms with van der Waals surface area (Å²) < 4.78 is 13.7. The minimum atomic E-state index is -0.0912. The highest BCUT2D eigenvalue weighted by Gasteiger charge is 2.37. The number of halogens is 1. The van der Waals surface area contributed by atoms with Crippen molar-refractivity contribution in [3.8, 4) is 0 Å². The van der Waals surface area contributed by atoms with E-state index in [1.54, 1.807) is 6.07 Å². The van der Waals surface area contributed by atoms with Crippen molar-refractivity contribution in [3.05, 3.63) is 29.6 Å². The van der Waals surface area contributed by atoms with Gasteiger partial charge in [-0.05, 0) is 37.5 Å². The van der Waals surface area contributed by atoms with Crippen LogP contribution in [0.1, 0.15) is 31.2 Å². The molecular formula is C15H21FN2. The predicted molar refractivity (Wildman–Crippen MR) is 72.6 cm³/mol. The Morgan fingerprint density at radius 1 is 1.28 bits per heavy atom. The molecule has 1 spiro atoms. The number of anilines is 1. The first-order chi connectivity index (χ1) is 8.69. The summed E-state index contributed by atoms with van der Waals surface area (Å²) in [5, 5.41) is 3.68. The van der Waals surface area contributed by atoms with Gasteiger partial charge in [0.2, 0.25) is 0 Å². The number of nitrogens with zero attached hydrogens (tertiary/aromatic N) is 1. The van der Waals surface area contributed by atoms with E-state index in [1.807, 2.05) is 19.1 Å². The summed E-state index contributed by atoms with van der Waals surface area (Å²) in [5.41, 5.74) is 2.05. The third-order valence-electron chi connectivity index (χ3n) is 4.46. The highest BCUT2D eigenvalue weighted by molar-refractivity contribution is 5.49. The summed E-state index contributed by atoms with van der Waals surface area (Å²) >= 11 is 0. The summed E-state index contributed by atoms with van der Waals surface area (Å²) in [6.45, 7) is 4.82. The quantitative estimate of drug-likeness (QED) is 0.822. The molecule has 2 aliphatic rings. The van der Waals surface area contributed by atoms with Crippen molar-refractivity contribution >= 4 is 5.69 Å². The molecule has 1 aliphatic heterocycles. The highest BCUT2D eigenvalue weighted by atomic mass is 19.1. The summed E-state index contributed by atoms with van der Waals surface area (Å²) in [6, 6.07) is 5.61. The molecule has 0 amide bonds. The van der Waals surface area contributed by atoms with Crippen LogP contribution in [0.2, 0.25) is 0 Å². The fraction of sp³-hybridized carbons (Fsp3) is 0.600. The number of hydrogen-bond donors (Lipinski definition) is 1. The van der Waals surface area contributed by atoms with E-state index in [0.29, 0.717) is 5.54 Å². The summed E-state index contributed by atoms with van der Waals surface area (Å²) in [7, 11) is 0. The van der Waals surface area contributed by atoms with Crippen molar-refractivity contribution in [2.45, 2.75) is 38.1 Å². The maximum absolute atomic E-state index is 13.7. The second kappa shape index (κ2) is 4.54. The lowest BCUT2D eigenvalue weighted by Crippen LogP contribution is -2.59. The van der Waals surface area contributed by atoms with E-state index < -0.39 is 0 Å². The van der Waals surface area contributed by atoms with Gasteiger partial charge in [-0.25, -0.2) is 4.39 Å². The molecule has 18 heavy (non-hydrogen) atoms. The van der Waals surface area contributed by atoms with Crippen LogP contribution in [0.4, 0.5) is 10.1 Å². The monoisotopic (exact) mass is 248 g/mol. The number of hydrogen-bond acceptors (Lipinski definition) is 2. The number of rotatable bonds is 1. The summed E-state index contributed by atoms with van der Waals surface area (Å²) in [6.07, 6.45) is 5.17. The van der Waals surface area contributed by atoms with Crippen LogP contribution in [0.15, 0.2) is 18.2 Å². The minimum Gasteiger partial charge on any atom is -0.368 e. The molecule has 98 valence electrons. The molecule has 2 nitrogen and oxygen atoms in total. The third kappa shape index (κ3) is 2.12. The van der Waals surface area contributed by atoms with Gasteiger partial charge in [0, 0.05) is 30.9 Å². The zero-order chi connectivity index (χ0) is 12.6. The van der Waals surface area contributed by atoms with E-state index in [2.05, 4.69) is 10.2 Å². The van der Waals surface area contributed by atoms with E-state index in [1.165, 1.54) is 25.7 Å². The molecule has 0 aromatic heterocycles. The zero-order valence-electron chi connectivity index (χ0n) is 11.0. The van der Waals surface area contributed by atoms with Crippen LogP contribution in [0, 0.1) is 12.7 Å². The Kier molecular flexibility index (Phi) is 3.02. The number of nitrogens with one attached hydrogen (secondary N) is 1. The fourth-order valence-corrected chi connectivity index (χ4v) is 3.34. The molecule has 1 saturated heterocycles. The molecule has 1 aromatic rings. The van der Waals surface area contributed by atoms with Crippen molar-refractivity contribution in [1.29, 1.82) is 0 Å². The summed E-state index contributed by atoms with van der Waals surface area (Å²) in [5.74, 6) is -0.0912. The molecule has 0 bridgehead atoms. The van der Waals surface area contributed by atoms with E-state index in [4.69, 9.17) is 0 Å². The van der Waals surface area contributed by atoms with Crippen LogP contribution in [0.5, 0.6) is 0 Å². The predicted octanol–water partition coefficient (Wildman–Crippen LogP) is 2.86. The highest BCUT2D eigenvalue weighted by Crippen LogP contribution is 2.33. The Bertz CT molecular complexity index is 438. The molecule has 1 aliphatic carbocycles. The lowest BCUT2D eigenvalue weighted by Gasteiger charge is -2.42. The first-order valence-electron chi connectivity index (χ1n) is 6.95. The van der Waals surface area contributed by atoms with Crippen LogP contribution in [0.25, 0.3) is 0 Å². The standard InChI is InChI=1S/C15H21FN2/c1-12-4-5-13(10-14(12)16)18-9-8-17-15(11-18)6-2-3-7-15/h4-5,10,17H,2-3,6-9,11H2,1H3. The average molecular weight is 248 g/mol. The molecule has 3 heteroatoms. The largest absolute Gasteiger partial charge is 0.368 e. The Labute approximate surface area is 108 Å². The molecule has 1 aromatic carbocycles. The van der Waals surface area contributed by atoms with E-state index >= 15 is 0 Å². The minimum absolute atomic E-state index is 0.0912. The molecule has 0 radical (unpaired) electrons. The second-order valence-electron chi connectivity index (χ2n) is 5.77. The number of benzene rings is 1. The van der Waals surface area contributed by atoms with Gasteiger partial charge in [0.1, 0.15) is 5.82 Å². The van der Waals surface area contributed by atoms with Gasteiger partial charge in [-0.3, -0.25) is 0 Å². The lowest BCUT2D eigenvalue weighted by atomic mass is 9.94. The first kappa shape index (κ1) is 12.0. The molecule has 1 heterocycles. The Hall–Kier alpha value is -1.09. The van der Waals surface area contributed by atoms with E-state index in [-0.39, 0.29) is 5.82 Å². The van der Waals surface area contributed by atoms with E-state index in [9.17, 15) is 4.39 Å². The van der Waals surface area contributed by atoms with Crippen LogP contribution < -0.4 is 10.2 Å². The van der Waals surface area contributed by atoms with Gasteiger partial charge in [0.05, 0.1) is 0 Å². The van der Waals surface area contributed by atoms with E-state index in [0.717, 1.165) is 30.9 Å². The average Bonchev–Trinajstić information content (AvgIpc) is 2.81. The van der Waals surface area contributed by atoms with Gasteiger partial charge in [-0.15, -0.1) is 0 Å². The van der Waals surface area contributed by atoms with Gasteiger partial charge in [0.15, 0.2) is 0 Å². The zero-order valence-corrected chi connectivity index (χ0v) is 11.0. The van der Waals surface area contributed by atoms with Gasteiger partial charge in [-0.1, -0.05) is 18.9 Å². The third-order valence-corrected chi connectivity index (χ3v) is 4.46. The molecule has 0 unspecified atom stereocenters. The Balaban J connectivity index is 1.81. The molecule has 2 fully saturated rings. The van der Waals surface area contributed by atoms with Gasteiger partial charge in [-0.2, -0.15) is 0 Å². The Morgan fingerprint density at radius 3 is 2.78 bits per heavy atom. The van der Waals surface area contributed by atoms with Crippen LogP contribution in [0.3, 0.4) is 0 Å². The normalized spacial score (nSPS) is 22.7. The van der Waals surface area contributed by atoms with Crippen molar-refractivity contribution in [2.75, 3.05) is 24.5 Å². The maximum atomic E-state index is 13.7. The first-order valence-corrected chi connectivity index (χ1v) is 6.95. The van der Waals surface area contributed by atoms with Crippen molar-refractivity contribution < 1.29 is 4.39 Å². The maximum Gasteiger partial charge on any atom is 0.128 e. The van der Waals surface area contributed by atoms with Crippen LogP contribution in [-0.4, -0.2) is 25.2 Å². The van der Waals surface area contributed by atoms with Gasteiger partial charge in [0.25, 0.3) is 0 Å². The molecule has 1 saturated carbocycles. The molecule has 1 N–H and O–H groups in total. The number of aryl methyl sites for hydroxylation is 1. The molecule has 3 rings (SSSR count). The van der Waals surface area contributed by atoms with Gasteiger partial charge >= 0.3 is 0 Å². The molecule has 0 atom stereocenters. The smallest absolute Gasteiger partial charge is 0.128 e. The molecular weight excluding hydrogens is 227 g/mol. The summed E-state index contributed by atoms with van der Waals surface area (Å²) in [4.78, 5) is 2.34. The van der Waals surface area contributed by atoms with Gasteiger partial charge < -0.3 is 10.2 Å². The Morgan fingerprint density at radius 2 is 2.06 bits per heavy atom. The topological polar surface area (TPSA) is 15.3 Å². The second-order valence-corrected chi connectivity index (χ2v) is 5.77. The van der Waals surface area contributed by atoms with Crippen molar-refractivity contribution in [1.82, 2.24) is 5.32 Å². The van der Waals surface area contributed by atoms with Crippen LogP contribution in [-0.2, 0) is 0 Å². The fourth-order valence-electron chi connectivity index (χ4n) is 3.34. The number of piperazine rings is 1. The van der Waals surface area contributed by atoms with Crippen molar-refractivity contribution in [3.63, 3.8) is 0 Å². The van der Waals surface area contributed by atoms with Crippen molar-refractivity contribution in [2.24, 2.45) is 0 Å².